The first-order chi connectivity index (χ1) is 15.2. The topological polar surface area (TPSA) is 76.7 Å². The zero-order valence-corrected chi connectivity index (χ0v) is 19.5. The smallest absolute Gasteiger partial charge is 0.319 e. The Morgan fingerprint density at radius 2 is 1.66 bits per heavy atom. The molecular formula is C25H35N5O2. The number of para-hydroxylation sites is 1. The van der Waals surface area contributed by atoms with Crippen molar-refractivity contribution in [3.05, 3.63) is 60.2 Å². The average molecular weight is 438 g/mol. The Balaban J connectivity index is 1.44. The summed E-state index contributed by atoms with van der Waals surface area (Å²) < 4.78 is 0. The van der Waals surface area contributed by atoms with Gasteiger partial charge in [0.05, 0.1) is 0 Å². The molecular weight excluding hydrogens is 402 g/mol. The molecule has 0 spiro atoms. The number of carbonyl (C=O) groups excluding carboxylic acids is 2. The van der Waals surface area contributed by atoms with E-state index >= 15 is 0 Å². The summed E-state index contributed by atoms with van der Waals surface area (Å²) in [5.74, 6) is -0.162. The molecule has 2 aromatic rings. The number of rotatable bonds is 6. The second-order valence-corrected chi connectivity index (χ2v) is 9.33. The molecule has 0 radical (unpaired) electrons. The number of urea groups is 1. The van der Waals surface area contributed by atoms with E-state index in [1.807, 2.05) is 26.8 Å². The standard InChI is InChI=1S/C25H35N5O2/c1-19(29-13-15-30(16-14-29)22-11-6-5-7-12-22)18-26-24(32)27-21-10-8-9-20(17-21)23(31)28-25(2,3)4/h5-12,17,19H,13-16,18H2,1-4H3,(H,28,31)(H2,26,27,32). The Bertz CT molecular complexity index is 902. The highest BCUT2D eigenvalue weighted by Gasteiger charge is 2.21. The van der Waals surface area contributed by atoms with Gasteiger partial charge in [-0.15, -0.1) is 0 Å². The van der Waals surface area contributed by atoms with Gasteiger partial charge in [-0.2, -0.15) is 0 Å². The van der Waals surface area contributed by atoms with Gasteiger partial charge in [0.1, 0.15) is 0 Å². The summed E-state index contributed by atoms with van der Waals surface area (Å²) in [4.78, 5) is 29.5. The number of hydrogen-bond donors (Lipinski definition) is 3. The number of nitrogens with one attached hydrogen (secondary N) is 3. The highest BCUT2D eigenvalue weighted by molar-refractivity contribution is 5.97. The maximum atomic E-state index is 12.4. The molecule has 1 aliphatic heterocycles. The van der Waals surface area contributed by atoms with Crippen LogP contribution in [0.1, 0.15) is 38.1 Å². The third-order valence-corrected chi connectivity index (χ3v) is 5.49. The number of anilines is 2. The van der Waals surface area contributed by atoms with Gasteiger partial charge < -0.3 is 20.9 Å². The summed E-state index contributed by atoms with van der Waals surface area (Å²) in [5, 5.41) is 8.71. The Labute approximate surface area is 191 Å². The van der Waals surface area contributed by atoms with Crippen LogP contribution in [0.5, 0.6) is 0 Å². The number of carbonyl (C=O) groups is 2. The summed E-state index contributed by atoms with van der Waals surface area (Å²) in [7, 11) is 0. The van der Waals surface area contributed by atoms with Crippen LogP contribution in [0.15, 0.2) is 54.6 Å². The first kappa shape index (κ1) is 23.6. The van der Waals surface area contributed by atoms with Gasteiger partial charge in [0.2, 0.25) is 0 Å². The zero-order valence-electron chi connectivity index (χ0n) is 19.5. The van der Waals surface area contributed by atoms with Crippen molar-refractivity contribution in [1.29, 1.82) is 0 Å². The fourth-order valence-electron chi connectivity index (χ4n) is 3.76. The molecule has 172 valence electrons. The van der Waals surface area contributed by atoms with E-state index in [0.717, 1.165) is 26.2 Å². The average Bonchev–Trinajstić information content (AvgIpc) is 2.77. The molecule has 0 saturated carbocycles. The quantitative estimate of drug-likeness (QED) is 0.646. The lowest BCUT2D eigenvalue weighted by molar-refractivity contribution is 0.0919. The summed E-state index contributed by atoms with van der Waals surface area (Å²) in [6.07, 6.45) is 0. The van der Waals surface area contributed by atoms with Crippen LogP contribution >= 0.6 is 0 Å². The van der Waals surface area contributed by atoms with E-state index in [2.05, 4.69) is 56.9 Å². The van der Waals surface area contributed by atoms with Gasteiger partial charge in [-0.3, -0.25) is 9.69 Å². The predicted octanol–water partition coefficient (Wildman–Crippen LogP) is 3.55. The van der Waals surface area contributed by atoms with Gasteiger partial charge >= 0.3 is 6.03 Å². The van der Waals surface area contributed by atoms with Gasteiger partial charge in [-0.25, -0.2) is 4.79 Å². The molecule has 7 heteroatoms. The van der Waals surface area contributed by atoms with E-state index in [-0.39, 0.29) is 23.5 Å². The lowest BCUT2D eigenvalue weighted by atomic mass is 10.1. The van der Waals surface area contributed by atoms with Crippen molar-refractivity contribution in [2.24, 2.45) is 0 Å². The monoisotopic (exact) mass is 437 g/mol. The van der Waals surface area contributed by atoms with Gasteiger partial charge in [-0.05, 0) is 58.0 Å². The molecule has 1 unspecified atom stereocenters. The van der Waals surface area contributed by atoms with Crippen LogP contribution in [-0.2, 0) is 0 Å². The Morgan fingerprint density at radius 1 is 0.969 bits per heavy atom. The molecule has 0 aromatic heterocycles. The molecule has 1 aliphatic rings. The Hall–Kier alpha value is -3.06. The van der Waals surface area contributed by atoms with E-state index in [4.69, 9.17) is 0 Å². The second kappa shape index (κ2) is 10.5. The van der Waals surface area contributed by atoms with Crippen LogP contribution in [0.25, 0.3) is 0 Å². The minimum Gasteiger partial charge on any atom is -0.369 e. The Morgan fingerprint density at radius 3 is 2.31 bits per heavy atom. The van der Waals surface area contributed by atoms with Crippen molar-refractivity contribution in [1.82, 2.24) is 15.5 Å². The van der Waals surface area contributed by atoms with Crippen LogP contribution < -0.4 is 20.9 Å². The number of amides is 3. The SMILES string of the molecule is CC(CNC(=O)Nc1cccc(C(=O)NC(C)(C)C)c1)N1CCN(c2ccccc2)CC1. The predicted molar refractivity (Wildman–Crippen MR) is 130 cm³/mol. The molecule has 0 aliphatic carbocycles. The van der Waals surface area contributed by atoms with Crippen LogP contribution in [0, 0.1) is 0 Å². The molecule has 1 heterocycles. The normalized spacial score (nSPS) is 15.7. The molecule has 1 atom stereocenters. The summed E-state index contributed by atoms with van der Waals surface area (Å²) in [5.41, 5.74) is 2.05. The second-order valence-electron chi connectivity index (χ2n) is 9.33. The van der Waals surface area contributed by atoms with Gasteiger partial charge in [0, 0.05) is 61.2 Å². The highest BCUT2D eigenvalue weighted by Crippen LogP contribution is 2.16. The van der Waals surface area contributed by atoms with E-state index in [1.165, 1.54) is 5.69 Å². The van der Waals surface area contributed by atoms with Crippen molar-refractivity contribution in [2.75, 3.05) is 42.9 Å². The largest absolute Gasteiger partial charge is 0.369 e. The van der Waals surface area contributed by atoms with E-state index in [0.29, 0.717) is 17.8 Å². The van der Waals surface area contributed by atoms with Gasteiger partial charge in [0.15, 0.2) is 0 Å². The van der Waals surface area contributed by atoms with Crippen LogP contribution in [0.3, 0.4) is 0 Å². The third-order valence-electron chi connectivity index (χ3n) is 5.49. The molecule has 3 rings (SSSR count). The third kappa shape index (κ3) is 6.99. The van der Waals surface area contributed by atoms with Crippen molar-refractivity contribution in [3.63, 3.8) is 0 Å². The first-order valence-electron chi connectivity index (χ1n) is 11.2. The molecule has 3 amide bonds. The maximum Gasteiger partial charge on any atom is 0.319 e. The number of nitrogens with zero attached hydrogens (tertiary/aromatic N) is 2. The zero-order chi connectivity index (χ0) is 23.1. The molecule has 7 nitrogen and oxygen atoms in total. The fourth-order valence-corrected chi connectivity index (χ4v) is 3.76. The molecule has 1 saturated heterocycles. The highest BCUT2D eigenvalue weighted by atomic mass is 16.2. The van der Waals surface area contributed by atoms with Crippen LogP contribution in [-0.4, -0.2) is 61.1 Å². The minimum absolute atomic E-state index is 0.162. The van der Waals surface area contributed by atoms with E-state index in [1.54, 1.807) is 24.3 Å². The Kier molecular flexibility index (Phi) is 7.75. The number of piperazine rings is 1. The van der Waals surface area contributed by atoms with Crippen LogP contribution in [0.2, 0.25) is 0 Å². The molecule has 0 bridgehead atoms. The maximum absolute atomic E-state index is 12.4. The molecule has 3 N–H and O–H groups in total. The number of hydrogen-bond acceptors (Lipinski definition) is 4. The van der Waals surface area contributed by atoms with Gasteiger partial charge in [0.25, 0.3) is 5.91 Å². The lowest BCUT2D eigenvalue weighted by Gasteiger charge is -2.39. The van der Waals surface area contributed by atoms with Crippen molar-refractivity contribution in [2.45, 2.75) is 39.3 Å². The minimum atomic E-state index is -0.319. The van der Waals surface area contributed by atoms with Crippen molar-refractivity contribution >= 4 is 23.3 Å². The summed E-state index contributed by atoms with van der Waals surface area (Å²) >= 11 is 0. The number of benzene rings is 2. The molecule has 32 heavy (non-hydrogen) atoms. The first-order valence-corrected chi connectivity index (χ1v) is 11.2. The van der Waals surface area contributed by atoms with Crippen LogP contribution in [0.4, 0.5) is 16.2 Å². The summed E-state index contributed by atoms with van der Waals surface area (Å²) in [6, 6.07) is 17.4. The van der Waals surface area contributed by atoms with E-state index in [9.17, 15) is 9.59 Å². The fraction of sp³-hybridized carbons (Fsp3) is 0.440. The lowest BCUT2D eigenvalue weighted by Crippen LogP contribution is -2.52. The summed E-state index contributed by atoms with van der Waals surface area (Å²) in [6.45, 7) is 12.4. The van der Waals surface area contributed by atoms with Crippen molar-refractivity contribution in [3.8, 4) is 0 Å². The molecule has 2 aromatic carbocycles. The molecule has 1 fully saturated rings. The van der Waals surface area contributed by atoms with Crippen molar-refractivity contribution < 1.29 is 9.59 Å². The van der Waals surface area contributed by atoms with E-state index < -0.39 is 0 Å². The van der Waals surface area contributed by atoms with Gasteiger partial charge in [-0.1, -0.05) is 24.3 Å².